The second-order valence-electron chi connectivity index (χ2n) is 2.20. The predicted octanol–water partition coefficient (Wildman–Crippen LogP) is 0.984. The Morgan fingerprint density at radius 1 is 1.36 bits per heavy atom. The highest BCUT2D eigenvalue weighted by molar-refractivity contribution is 7.98. The van der Waals surface area contributed by atoms with E-state index < -0.39 is 0 Å². The number of thioether (sulfide) groups is 1. The van der Waals surface area contributed by atoms with Gasteiger partial charge < -0.3 is 0 Å². The lowest BCUT2D eigenvalue weighted by Gasteiger charge is -2.03. The summed E-state index contributed by atoms with van der Waals surface area (Å²) in [6.07, 6.45) is 5.93. The number of hydrogen-bond donors (Lipinski definition) is 0. The molecule has 0 saturated heterocycles. The van der Waals surface area contributed by atoms with Crippen LogP contribution >= 0.6 is 11.8 Å². The third-order valence-corrected chi connectivity index (χ3v) is 1.93. The fourth-order valence-corrected chi connectivity index (χ4v) is 1.36. The maximum absolute atomic E-state index is 11.0. The number of ketones is 2. The lowest BCUT2D eigenvalue weighted by Crippen LogP contribution is -2.08. The zero-order valence-corrected chi connectivity index (χ0v) is 6.98. The molecular weight excluding hydrogens is 160 g/mol. The van der Waals surface area contributed by atoms with Gasteiger partial charge in [0.2, 0.25) is 0 Å². The summed E-state index contributed by atoms with van der Waals surface area (Å²) in [7, 11) is 0. The first-order valence-electron chi connectivity index (χ1n) is 3.20. The molecule has 3 heteroatoms. The minimum atomic E-state index is -0.0892. The number of hydrogen-bond acceptors (Lipinski definition) is 3. The molecule has 0 amide bonds. The van der Waals surface area contributed by atoms with E-state index in [0.717, 1.165) is 0 Å². The van der Waals surface area contributed by atoms with Crippen molar-refractivity contribution >= 4 is 23.3 Å². The van der Waals surface area contributed by atoms with Gasteiger partial charge in [-0.3, -0.25) is 9.59 Å². The number of rotatable bonds is 2. The number of carbonyl (C=O) groups excluding carboxylic acids is 2. The normalized spacial score (nSPS) is 17.0. The molecule has 11 heavy (non-hydrogen) atoms. The van der Waals surface area contributed by atoms with Crippen molar-refractivity contribution in [3.05, 3.63) is 23.8 Å². The van der Waals surface area contributed by atoms with Crippen molar-refractivity contribution in [2.75, 3.05) is 12.0 Å². The molecule has 0 saturated carbocycles. The van der Waals surface area contributed by atoms with Gasteiger partial charge in [-0.2, -0.15) is 11.8 Å². The van der Waals surface area contributed by atoms with Gasteiger partial charge in [0.1, 0.15) is 0 Å². The first-order chi connectivity index (χ1) is 5.24. The van der Waals surface area contributed by atoms with Crippen molar-refractivity contribution in [1.82, 2.24) is 0 Å². The van der Waals surface area contributed by atoms with Crippen LogP contribution in [0, 0.1) is 0 Å². The fourth-order valence-electron chi connectivity index (χ4n) is 0.824. The van der Waals surface area contributed by atoms with Crippen LogP contribution in [0.2, 0.25) is 0 Å². The largest absolute Gasteiger partial charge is 0.290 e. The SMILES string of the molecule is CSCC1=CC(=O)C=CC1=O. The molecule has 1 rings (SSSR count). The van der Waals surface area contributed by atoms with Crippen LogP contribution < -0.4 is 0 Å². The Morgan fingerprint density at radius 3 is 2.73 bits per heavy atom. The van der Waals surface area contributed by atoms with Crippen LogP contribution in [0.25, 0.3) is 0 Å². The van der Waals surface area contributed by atoms with E-state index in [2.05, 4.69) is 0 Å². The van der Waals surface area contributed by atoms with Crippen LogP contribution in [0.1, 0.15) is 0 Å². The Bertz CT molecular complexity index is 251. The molecule has 0 spiro atoms. The molecule has 0 fully saturated rings. The molecule has 0 radical (unpaired) electrons. The van der Waals surface area contributed by atoms with Crippen molar-refractivity contribution in [2.24, 2.45) is 0 Å². The monoisotopic (exact) mass is 168 g/mol. The summed E-state index contributed by atoms with van der Waals surface area (Å²) in [5.41, 5.74) is 0.602. The highest BCUT2D eigenvalue weighted by Gasteiger charge is 2.11. The van der Waals surface area contributed by atoms with Crippen molar-refractivity contribution in [1.29, 1.82) is 0 Å². The van der Waals surface area contributed by atoms with Gasteiger partial charge in [-0.05, 0) is 24.5 Å². The minimum absolute atomic E-state index is 0.0426. The van der Waals surface area contributed by atoms with E-state index in [9.17, 15) is 9.59 Å². The Kier molecular flexibility index (Phi) is 2.65. The van der Waals surface area contributed by atoms with E-state index in [-0.39, 0.29) is 11.6 Å². The first-order valence-corrected chi connectivity index (χ1v) is 4.59. The van der Waals surface area contributed by atoms with Crippen LogP contribution in [0.3, 0.4) is 0 Å². The number of carbonyl (C=O) groups is 2. The van der Waals surface area contributed by atoms with Crippen molar-refractivity contribution in [3.8, 4) is 0 Å². The molecule has 1 aliphatic rings. The standard InChI is InChI=1S/C8H8O2S/c1-11-5-6-4-7(9)2-3-8(6)10/h2-4H,5H2,1H3. The molecular formula is C8H8O2S. The van der Waals surface area contributed by atoms with E-state index in [1.807, 2.05) is 6.26 Å². The van der Waals surface area contributed by atoms with Gasteiger partial charge in [-0.1, -0.05) is 0 Å². The summed E-state index contributed by atoms with van der Waals surface area (Å²) in [5.74, 6) is 0.488. The first kappa shape index (κ1) is 8.27. The predicted molar refractivity (Wildman–Crippen MR) is 45.6 cm³/mol. The second-order valence-corrected chi connectivity index (χ2v) is 3.07. The second kappa shape index (κ2) is 3.53. The highest BCUT2D eigenvalue weighted by Crippen LogP contribution is 2.09. The van der Waals surface area contributed by atoms with Crippen molar-refractivity contribution < 1.29 is 9.59 Å². The lowest BCUT2D eigenvalue weighted by atomic mass is 10.1. The van der Waals surface area contributed by atoms with E-state index in [1.54, 1.807) is 0 Å². The third-order valence-electron chi connectivity index (χ3n) is 1.33. The maximum atomic E-state index is 11.0. The molecule has 0 bridgehead atoms. The maximum Gasteiger partial charge on any atom is 0.182 e. The molecule has 0 aliphatic heterocycles. The van der Waals surface area contributed by atoms with Gasteiger partial charge in [0.05, 0.1) is 0 Å². The summed E-state index contributed by atoms with van der Waals surface area (Å²) in [6, 6.07) is 0. The Morgan fingerprint density at radius 2 is 2.09 bits per heavy atom. The average Bonchev–Trinajstić information content (AvgIpc) is 1.98. The summed E-state index contributed by atoms with van der Waals surface area (Å²) < 4.78 is 0. The van der Waals surface area contributed by atoms with E-state index in [1.165, 1.54) is 30.0 Å². The van der Waals surface area contributed by atoms with Gasteiger partial charge in [0.25, 0.3) is 0 Å². The molecule has 0 unspecified atom stereocenters. The topological polar surface area (TPSA) is 34.1 Å². The summed E-state index contributed by atoms with van der Waals surface area (Å²) >= 11 is 1.54. The molecule has 58 valence electrons. The van der Waals surface area contributed by atoms with Crippen LogP contribution in [-0.2, 0) is 9.59 Å². The van der Waals surface area contributed by atoms with Crippen LogP contribution in [0.5, 0.6) is 0 Å². The zero-order chi connectivity index (χ0) is 8.27. The third kappa shape index (κ3) is 2.05. The molecule has 0 aromatic carbocycles. The summed E-state index contributed by atoms with van der Waals surface area (Å²) in [6.45, 7) is 0. The van der Waals surface area contributed by atoms with Gasteiger partial charge >= 0.3 is 0 Å². The molecule has 0 heterocycles. The quantitative estimate of drug-likeness (QED) is 0.576. The van der Waals surface area contributed by atoms with E-state index >= 15 is 0 Å². The summed E-state index contributed by atoms with van der Waals surface area (Å²) in [4.78, 5) is 21.8. The molecule has 0 aromatic rings. The Hall–Kier alpha value is -0.830. The van der Waals surface area contributed by atoms with Crippen molar-refractivity contribution in [2.45, 2.75) is 0 Å². The molecule has 2 nitrogen and oxygen atoms in total. The van der Waals surface area contributed by atoms with Crippen LogP contribution in [-0.4, -0.2) is 23.6 Å². The molecule has 1 aliphatic carbocycles. The zero-order valence-electron chi connectivity index (χ0n) is 6.16. The van der Waals surface area contributed by atoms with E-state index in [0.29, 0.717) is 11.3 Å². The van der Waals surface area contributed by atoms with Crippen LogP contribution in [0.4, 0.5) is 0 Å². The minimum Gasteiger partial charge on any atom is -0.290 e. The molecule has 0 N–H and O–H groups in total. The molecule has 0 aromatic heterocycles. The molecule has 0 atom stereocenters. The van der Waals surface area contributed by atoms with Crippen molar-refractivity contribution in [3.63, 3.8) is 0 Å². The van der Waals surface area contributed by atoms with Gasteiger partial charge in [-0.15, -0.1) is 0 Å². The smallest absolute Gasteiger partial charge is 0.182 e. The van der Waals surface area contributed by atoms with Gasteiger partial charge in [0, 0.05) is 11.3 Å². The lowest BCUT2D eigenvalue weighted by molar-refractivity contribution is -0.114. The van der Waals surface area contributed by atoms with Crippen LogP contribution in [0.15, 0.2) is 23.8 Å². The average molecular weight is 168 g/mol. The van der Waals surface area contributed by atoms with Gasteiger partial charge in [-0.25, -0.2) is 0 Å². The number of allylic oxidation sites excluding steroid dienone is 3. The fraction of sp³-hybridized carbons (Fsp3) is 0.250. The Labute approximate surface area is 69.4 Å². The summed E-state index contributed by atoms with van der Waals surface area (Å²) in [5, 5.41) is 0. The Balaban J connectivity index is 2.76. The highest BCUT2D eigenvalue weighted by atomic mass is 32.2. The van der Waals surface area contributed by atoms with Gasteiger partial charge in [0.15, 0.2) is 11.6 Å². The van der Waals surface area contributed by atoms with E-state index in [4.69, 9.17) is 0 Å².